The number of imidazole rings is 1. The molecule has 0 aliphatic heterocycles. The van der Waals surface area contributed by atoms with Crippen molar-refractivity contribution in [2.24, 2.45) is 0 Å². The van der Waals surface area contributed by atoms with E-state index in [0.717, 1.165) is 31.6 Å². The molecule has 0 fully saturated rings. The van der Waals surface area contributed by atoms with Crippen LogP contribution in [0.15, 0.2) is 45.8 Å². The maximum atomic E-state index is 4.41. The van der Waals surface area contributed by atoms with E-state index in [9.17, 15) is 0 Å². The summed E-state index contributed by atoms with van der Waals surface area (Å²) in [5.74, 6) is 0. The van der Waals surface area contributed by atoms with Crippen LogP contribution in [0.3, 0.4) is 0 Å². The Bertz CT molecular complexity index is 689. The molecule has 20 heavy (non-hydrogen) atoms. The Morgan fingerprint density at radius 1 is 1.30 bits per heavy atom. The van der Waals surface area contributed by atoms with E-state index in [-0.39, 0.29) is 0 Å². The fourth-order valence-electron chi connectivity index (χ4n) is 2.23. The fraction of sp³-hybridized carbons (Fsp3) is 0.267. The molecule has 0 saturated carbocycles. The lowest BCUT2D eigenvalue weighted by Crippen LogP contribution is -2.16. The van der Waals surface area contributed by atoms with Crippen molar-refractivity contribution in [2.45, 2.75) is 19.5 Å². The number of hydrogen-bond acceptors (Lipinski definition) is 3. The van der Waals surface area contributed by atoms with E-state index >= 15 is 0 Å². The van der Waals surface area contributed by atoms with Crippen molar-refractivity contribution < 1.29 is 0 Å². The summed E-state index contributed by atoms with van der Waals surface area (Å²) in [4.78, 5) is 4.41. The summed E-state index contributed by atoms with van der Waals surface area (Å²) < 4.78 is 3.41. The van der Waals surface area contributed by atoms with Crippen LogP contribution in [0, 0.1) is 0 Å². The first-order chi connectivity index (χ1) is 9.83. The van der Waals surface area contributed by atoms with Crippen molar-refractivity contribution in [3.05, 3.63) is 51.4 Å². The molecule has 1 aromatic carbocycles. The van der Waals surface area contributed by atoms with Gasteiger partial charge in [-0.05, 0) is 58.0 Å². The first-order valence-electron chi connectivity index (χ1n) is 6.66. The van der Waals surface area contributed by atoms with Gasteiger partial charge in [-0.3, -0.25) is 0 Å². The Kier molecular flexibility index (Phi) is 4.50. The van der Waals surface area contributed by atoms with Gasteiger partial charge >= 0.3 is 0 Å². The number of nitrogens with one attached hydrogen (secondary N) is 1. The highest BCUT2D eigenvalue weighted by Crippen LogP contribution is 2.20. The van der Waals surface area contributed by atoms with E-state index in [2.05, 4.69) is 60.4 Å². The van der Waals surface area contributed by atoms with E-state index < -0.39 is 0 Å². The third-order valence-corrected chi connectivity index (χ3v) is 4.78. The summed E-state index contributed by atoms with van der Waals surface area (Å²) in [6, 6.07) is 10.4. The molecule has 0 unspecified atom stereocenters. The molecule has 0 atom stereocenters. The molecule has 0 aliphatic carbocycles. The Hall–Kier alpha value is -1.17. The summed E-state index contributed by atoms with van der Waals surface area (Å²) in [6.07, 6.45) is 3.03. The first kappa shape index (κ1) is 13.8. The van der Waals surface area contributed by atoms with Crippen LogP contribution in [0.1, 0.15) is 12.0 Å². The zero-order valence-corrected chi connectivity index (χ0v) is 13.5. The number of thiophene rings is 1. The third kappa shape index (κ3) is 3.29. The zero-order valence-electron chi connectivity index (χ0n) is 11.1. The van der Waals surface area contributed by atoms with Crippen LogP contribution in [-0.2, 0) is 13.1 Å². The second kappa shape index (κ2) is 6.52. The van der Waals surface area contributed by atoms with Crippen molar-refractivity contribution in [1.82, 2.24) is 14.9 Å². The van der Waals surface area contributed by atoms with E-state index in [4.69, 9.17) is 0 Å². The van der Waals surface area contributed by atoms with Gasteiger partial charge in [0.05, 0.1) is 21.1 Å². The molecule has 3 aromatic rings. The molecular formula is C15H16BrN3S. The molecule has 3 rings (SSSR count). The Balaban J connectivity index is 1.46. The van der Waals surface area contributed by atoms with Crippen LogP contribution in [0.5, 0.6) is 0 Å². The van der Waals surface area contributed by atoms with E-state index in [1.165, 1.54) is 14.9 Å². The average Bonchev–Trinajstić information content (AvgIpc) is 3.05. The minimum atomic E-state index is 0.937. The fourth-order valence-corrected chi connectivity index (χ4v) is 3.44. The largest absolute Gasteiger partial charge is 0.331 e. The summed E-state index contributed by atoms with van der Waals surface area (Å²) in [5.41, 5.74) is 3.63. The van der Waals surface area contributed by atoms with Crippen LogP contribution in [0.2, 0.25) is 0 Å². The second-order valence-electron chi connectivity index (χ2n) is 4.72. The second-order valence-corrected chi connectivity index (χ2v) is 7.01. The van der Waals surface area contributed by atoms with Crippen LogP contribution in [-0.4, -0.2) is 16.1 Å². The molecule has 104 valence electrons. The SMILES string of the molecule is Brc1cc(CNCCCn2cnc3ccccc32)cs1. The quantitative estimate of drug-likeness (QED) is 0.680. The Morgan fingerprint density at radius 3 is 3.05 bits per heavy atom. The summed E-state index contributed by atoms with van der Waals surface area (Å²) in [7, 11) is 0. The standard InChI is InChI=1S/C15H16BrN3S/c16-15-8-12(10-20-15)9-17-6-3-7-19-11-18-13-4-1-2-5-14(13)19/h1-2,4-5,8,10-11,17H,3,6-7,9H2. The maximum absolute atomic E-state index is 4.41. The third-order valence-electron chi connectivity index (χ3n) is 3.23. The molecule has 2 aromatic heterocycles. The van der Waals surface area contributed by atoms with E-state index in [1.807, 2.05) is 12.4 Å². The van der Waals surface area contributed by atoms with Crippen molar-refractivity contribution in [3.63, 3.8) is 0 Å². The molecule has 5 heteroatoms. The highest BCUT2D eigenvalue weighted by atomic mass is 79.9. The van der Waals surface area contributed by atoms with Gasteiger partial charge in [0, 0.05) is 13.1 Å². The molecule has 3 nitrogen and oxygen atoms in total. The average molecular weight is 350 g/mol. The number of para-hydroxylation sites is 2. The predicted octanol–water partition coefficient (Wildman–Crippen LogP) is 4.04. The van der Waals surface area contributed by atoms with Gasteiger partial charge in [0.1, 0.15) is 0 Å². The minimum absolute atomic E-state index is 0.937. The van der Waals surface area contributed by atoms with Crippen molar-refractivity contribution in [1.29, 1.82) is 0 Å². The molecule has 0 aliphatic rings. The number of hydrogen-bond donors (Lipinski definition) is 1. The number of aromatic nitrogens is 2. The topological polar surface area (TPSA) is 29.9 Å². The van der Waals surface area contributed by atoms with Crippen LogP contribution >= 0.6 is 27.3 Å². The molecule has 1 N–H and O–H groups in total. The van der Waals surface area contributed by atoms with Gasteiger partial charge in [-0.25, -0.2) is 4.98 Å². The monoisotopic (exact) mass is 349 g/mol. The lowest BCUT2D eigenvalue weighted by atomic mass is 10.3. The highest BCUT2D eigenvalue weighted by molar-refractivity contribution is 9.11. The molecule has 0 saturated heterocycles. The molecule has 0 amide bonds. The van der Waals surface area contributed by atoms with Gasteiger partial charge in [0.25, 0.3) is 0 Å². The van der Waals surface area contributed by atoms with Crippen molar-refractivity contribution in [3.8, 4) is 0 Å². The van der Waals surface area contributed by atoms with Gasteiger partial charge in [-0.2, -0.15) is 0 Å². The van der Waals surface area contributed by atoms with Crippen LogP contribution in [0.4, 0.5) is 0 Å². The van der Waals surface area contributed by atoms with Crippen LogP contribution < -0.4 is 5.32 Å². The smallest absolute Gasteiger partial charge is 0.0958 e. The molecule has 0 radical (unpaired) electrons. The number of nitrogens with zero attached hydrogens (tertiary/aromatic N) is 2. The highest BCUT2D eigenvalue weighted by Gasteiger charge is 2.01. The normalized spacial score (nSPS) is 11.2. The first-order valence-corrected chi connectivity index (χ1v) is 8.34. The number of aryl methyl sites for hydroxylation is 1. The molecule has 0 bridgehead atoms. The van der Waals surface area contributed by atoms with Crippen molar-refractivity contribution >= 4 is 38.3 Å². The van der Waals surface area contributed by atoms with Gasteiger partial charge in [0.15, 0.2) is 0 Å². The Morgan fingerprint density at radius 2 is 2.20 bits per heavy atom. The molecule has 2 heterocycles. The molecular weight excluding hydrogens is 334 g/mol. The summed E-state index contributed by atoms with van der Waals surface area (Å²) >= 11 is 5.22. The van der Waals surface area contributed by atoms with Gasteiger partial charge in [-0.15, -0.1) is 11.3 Å². The zero-order chi connectivity index (χ0) is 13.8. The molecule has 0 spiro atoms. The lowest BCUT2D eigenvalue weighted by molar-refractivity contribution is 0.589. The minimum Gasteiger partial charge on any atom is -0.331 e. The number of benzene rings is 1. The summed E-state index contributed by atoms with van der Waals surface area (Å²) in [6.45, 7) is 2.95. The maximum Gasteiger partial charge on any atom is 0.0958 e. The number of rotatable bonds is 6. The van der Waals surface area contributed by atoms with Gasteiger partial charge in [-0.1, -0.05) is 12.1 Å². The summed E-state index contributed by atoms with van der Waals surface area (Å²) in [5, 5.41) is 5.66. The van der Waals surface area contributed by atoms with Gasteiger partial charge in [0.2, 0.25) is 0 Å². The van der Waals surface area contributed by atoms with Crippen LogP contribution in [0.25, 0.3) is 11.0 Å². The number of halogens is 1. The number of fused-ring (bicyclic) bond motifs is 1. The van der Waals surface area contributed by atoms with E-state index in [0.29, 0.717) is 0 Å². The van der Waals surface area contributed by atoms with Gasteiger partial charge < -0.3 is 9.88 Å². The van der Waals surface area contributed by atoms with E-state index in [1.54, 1.807) is 11.3 Å². The Labute approximate surface area is 130 Å². The van der Waals surface area contributed by atoms with Crippen molar-refractivity contribution in [2.75, 3.05) is 6.54 Å². The lowest BCUT2D eigenvalue weighted by Gasteiger charge is -2.05. The predicted molar refractivity (Wildman–Crippen MR) is 88.1 cm³/mol.